The van der Waals surface area contributed by atoms with E-state index in [1.54, 1.807) is 19.4 Å². The second-order valence-corrected chi connectivity index (χ2v) is 10.0. The van der Waals surface area contributed by atoms with Gasteiger partial charge in [-0.05, 0) is 88.8 Å². The third-order valence-corrected chi connectivity index (χ3v) is 7.14. The summed E-state index contributed by atoms with van der Waals surface area (Å²) in [5.74, 6) is 0.826. The second kappa shape index (κ2) is 11.2. The standard InChI is InChI=1S/C30H22Br2N2O3/c1-36-28-16-22-9-3-2-8-21(22)15-25(28)30(35)34-33-17-19-13-26(31)29(27(32)14-19)37-18-23-11-6-10-20-7-4-5-12-24(20)23/h2-17H,18H2,1H3,(H,34,35)/b33-17-. The van der Waals surface area contributed by atoms with E-state index in [-0.39, 0.29) is 5.91 Å². The lowest BCUT2D eigenvalue weighted by Gasteiger charge is -2.13. The number of nitrogens with zero attached hydrogens (tertiary/aromatic N) is 1. The summed E-state index contributed by atoms with van der Waals surface area (Å²) in [5, 5.41) is 8.44. The van der Waals surface area contributed by atoms with E-state index in [0.717, 1.165) is 30.8 Å². The third-order valence-electron chi connectivity index (χ3n) is 5.96. The van der Waals surface area contributed by atoms with Crippen molar-refractivity contribution in [3.63, 3.8) is 0 Å². The van der Waals surface area contributed by atoms with Crippen LogP contribution in [-0.2, 0) is 6.61 Å². The Hall–Kier alpha value is -3.68. The first-order valence-electron chi connectivity index (χ1n) is 11.5. The first-order chi connectivity index (χ1) is 18.0. The Labute approximate surface area is 231 Å². The fraction of sp³-hybridized carbons (Fsp3) is 0.0667. The maximum atomic E-state index is 12.8. The van der Waals surface area contributed by atoms with Crippen LogP contribution in [0.3, 0.4) is 0 Å². The van der Waals surface area contributed by atoms with Crippen LogP contribution in [0.4, 0.5) is 0 Å². The summed E-state index contributed by atoms with van der Waals surface area (Å²) in [6.45, 7) is 0.426. The Balaban J connectivity index is 1.29. The minimum Gasteiger partial charge on any atom is -0.496 e. The lowest BCUT2D eigenvalue weighted by atomic mass is 10.1. The highest BCUT2D eigenvalue weighted by molar-refractivity contribution is 9.11. The normalized spacial score (nSPS) is 11.2. The van der Waals surface area contributed by atoms with Gasteiger partial charge in [0.05, 0.1) is 27.8 Å². The van der Waals surface area contributed by atoms with E-state index < -0.39 is 0 Å². The Morgan fingerprint density at radius 1 is 0.865 bits per heavy atom. The van der Waals surface area contributed by atoms with Gasteiger partial charge in [-0.1, -0.05) is 66.7 Å². The summed E-state index contributed by atoms with van der Waals surface area (Å²) in [6, 6.07) is 29.7. The van der Waals surface area contributed by atoms with Crippen LogP contribution in [0.1, 0.15) is 21.5 Å². The smallest absolute Gasteiger partial charge is 0.275 e. The zero-order valence-corrected chi connectivity index (χ0v) is 23.0. The van der Waals surface area contributed by atoms with E-state index in [1.165, 1.54) is 10.8 Å². The monoisotopic (exact) mass is 616 g/mol. The molecule has 1 amide bonds. The molecular weight excluding hydrogens is 596 g/mol. The van der Waals surface area contributed by atoms with E-state index in [1.807, 2.05) is 60.7 Å². The minimum absolute atomic E-state index is 0.355. The lowest BCUT2D eigenvalue weighted by Crippen LogP contribution is -2.18. The van der Waals surface area contributed by atoms with E-state index in [2.05, 4.69) is 66.7 Å². The van der Waals surface area contributed by atoms with E-state index in [4.69, 9.17) is 9.47 Å². The highest BCUT2D eigenvalue weighted by Crippen LogP contribution is 2.35. The van der Waals surface area contributed by atoms with Crippen molar-refractivity contribution in [2.45, 2.75) is 6.61 Å². The van der Waals surface area contributed by atoms with Crippen LogP contribution >= 0.6 is 31.9 Å². The van der Waals surface area contributed by atoms with Crippen LogP contribution in [0.25, 0.3) is 21.5 Å². The first-order valence-corrected chi connectivity index (χ1v) is 13.1. The summed E-state index contributed by atoms with van der Waals surface area (Å²) in [4.78, 5) is 12.8. The molecule has 0 fully saturated rings. The maximum Gasteiger partial charge on any atom is 0.275 e. The van der Waals surface area contributed by atoms with Crippen LogP contribution < -0.4 is 14.9 Å². The van der Waals surface area contributed by atoms with Gasteiger partial charge in [-0.3, -0.25) is 4.79 Å². The molecule has 0 saturated carbocycles. The third kappa shape index (κ3) is 5.53. The van der Waals surface area contributed by atoms with Crippen molar-refractivity contribution in [3.05, 3.63) is 117 Å². The summed E-state index contributed by atoms with van der Waals surface area (Å²) >= 11 is 7.20. The van der Waals surface area contributed by atoms with Gasteiger partial charge in [-0.15, -0.1) is 0 Å². The van der Waals surface area contributed by atoms with Crippen molar-refractivity contribution >= 4 is 65.5 Å². The van der Waals surface area contributed by atoms with Gasteiger partial charge in [0.1, 0.15) is 18.1 Å². The Bertz CT molecular complexity index is 1620. The molecule has 0 unspecified atom stereocenters. The summed E-state index contributed by atoms with van der Waals surface area (Å²) in [5.41, 5.74) is 4.89. The van der Waals surface area contributed by atoms with Crippen molar-refractivity contribution in [1.82, 2.24) is 5.43 Å². The summed E-state index contributed by atoms with van der Waals surface area (Å²) in [6.07, 6.45) is 1.58. The fourth-order valence-electron chi connectivity index (χ4n) is 4.15. The van der Waals surface area contributed by atoms with Crippen molar-refractivity contribution in [2.75, 3.05) is 7.11 Å². The van der Waals surface area contributed by atoms with Crippen LogP contribution in [0.2, 0.25) is 0 Å². The molecule has 184 valence electrons. The number of hydrogen-bond donors (Lipinski definition) is 1. The molecule has 5 rings (SSSR count). The Morgan fingerprint density at radius 2 is 1.51 bits per heavy atom. The molecule has 5 nitrogen and oxygen atoms in total. The maximum absolute atomic E-state index is 12.8. The quantitative estimate of drug-likeness (QED) is 0.149. The van der Waals surface area contributed by atoms with E-state index in [0.29, 0.717) is 23.7 Å². The molecule has 37 heavy (non-hydrogen) atoms. The molecule has 0 aliphatic rings. The molecule has 0 aliphatic heterocycles. The van der Waals surface area contributed by atoms with Crippen LogP contribution in [-0.4, -0.2) is 19.2 Å². The lowest BCUT2D eigenvalue weighted by molar-refractivity contribution is 0.0952. The van der Waals surface area contributed by atoms with Crippen molar-refractivity contribution in [2.24, 2.45) is 5.10 Å². The number of amides is 1. The molecule has 0 saturated heterocycles. The molecule has 7 heteroatoms. The van der Waals surface area contributed by atoms with Crippen molar-refractivity contribution in [3.8, 4) is 11.5 Å². The zero-order chi connectivity index (χ0) is 25.8. The number of carbonyl (C=O) groups is 1. The number of nitrogens with one attached hydrogen (secondary N) is 1. The number of fused-ring (bicyclic) bond motifs is 2. The number of ether oxygens (including phenoxy) is 2. The predicted molar refractivity (Wildman–Crippen MR) is 156 cm³/mol. The molecule has 5 aromatic carbocycles. The number of hydrogen-bond acceptors (Lipinski definition) is 4. The number of benzene rings is 5. The predicted octanol–water partition coefficient (Wildman–Crippen LogP) is 7.87. The molecule has 0 heterocycles. The molecule has 0 atom stereocenters. The van der Waals surface area contributed by atoms with Gasteiger partial charge in [-0.2, -0.15) is 5.10 Å². The molecule has 0 aliphatic carbocycles. The molecule has 0 bridgehead atoms. The average molecular weight is 618 g/mol. The highest BCUT2D eigenvalue weighted by atomic mass is 79.9. The Kier molecular flexibility index (Phi) is 7.53. The van der Waals surface area contributed by atoms with Gasteiger partial charge in [0.25, 0.3) is 5.91 Å². The number of rotatable bonds is 7. The molecule has 5 aromatic rings. The second-order valence-electron chi connectivity index (χ2n) is 8.34. The number of halogens is 2. The minimum atomic E-state index is -0.355. The SMILES string of the molecule is COc1cc2ccccc2cc1C(=O)N/N=C\c1cc(Br)c(OCc2cccc3ccccc23)c(Br)c1. The van der Waals surface area contributed by atoms with Gasteiger partial charge in [0, 0.05) is 0 Å². The topological polar surface area (TPSA) is 59.9 Å². The number of methoxy groups -OCH3 is 1. The number of carbonyl (C=O) groups excluding carboxylic acids is 1. The average Bonchev–Trinajstić information content (AvgIpc) is 2.91. The zero-order valence-electron chi connectivity index (χ0n) is 19.9. The molecule has 0 radical (unpaired) electrons. The largest absolute Gasteiger partial charge is 0.496 e. The first kappa shape index (κ1) is 25.0. The summed E-state index contributed by atoms with van der Waals surface area (Å²) in [7, 11) is 1.54. The summed E-state index contributed by atoms with van der Waals surface area (Å²) < 4.78 is 13.1. The van der Waals surface area contributed by atoms with Gasteiger partial charge in [0.2, 0.25) is 0 Å². The van der Waals surface area contributed by atoms with Crippen LogP contribution in [0.5, 0.6) is 11.5 Å². The van der Waals surface area contributed by atoms with Gasteiger partial charge < -0.3 is 9.47 Å². The van der Waals surface area contributed by atoms with Gasteiger partial charge in [0.15, 0.2) is 0 Å². The highest BCUT2D eigenvalue weighted by Gasteiger charge is 2.14. The van der Waals surface area contributed by atoms with Crippen LogP contribution in [0, 0.1) is 0 Å². The van der Waals surface area contributed by atoms with Crippen molar-refractivity contribution < 1.29 is 14.3 Å². The molecule has 1 N–H and O–H groups in total. The fourth-order valence-corrected chi connectivity index (χ4v) is 5.60. The van der Waals surface area contributed by atoms with E-state index >= 15 is 0 Å². The Morgan fingerprint density at radius 3 is 2.24 bits per heavy atom. The van der Waals surface area contributed by atoms with Gasteiger partial charge >= 0.3 is 0 Å². The molecule has 0 spiro atoms. The van der Waals surface area contributed by atoms with Crippen LogP contribution in [0.15, 0.2) is 105 Å². The number of hydrazone groups is 1. The molecule has 0 aromatic heterocycles. The van der Waals surface area contributed by atoms with Gasteiger partial charge in [-0.25, -0.2) is 5.43 Å². The molecular formula is C30H22Br2N2O3. The van der Waals surface area contributed by atoms with E-state index in [9.17, 15) is 4.79 Å². The van der Waals surface area contributed by atoms with Crippen molar-refractivity contribution in [1.29, 1.82) is 0 Å².